The molecule has 1 aromatic carbocycles. The van der Waals surface area contributed by atoms with E-state index in [9.17, 15) is 4.79 Å². The second-order valence-corrected chi connectivity index (χ2v) is 4.86. The molecule has 0 aliphatic rings. The molecule has 1 amide bonds. The molecule has 19 heavy (non-hydrogen) atoms. The van der Waals surface area contributed by atoms with E-state index in [0.29, 0.717) is 6.42 Å². The second-order valence-electron chi connectivity index (χ2n) is 4.86. The molecule has 1 N–H and O–H groups in total. The molecule has 0 aliphatic heterocycles. The van der Waals surface area contributed by atoms with Gasteiger partial charge in [0.2, 0.25) is 5.91 Å². The first-order chi connectivity index (χ1) is 9.22. The van der Waals surface area contributed by atoms with Crippen molar-refractivity contribution < 1.29 is 9.21 Å². The second kappa shape index (κ2) is 6.41. The Labute approximate surface area is 114 Å². The Balaban J connectivity index is 2.09. The maximum Gasteiger partial charge on any atom is 0.219 e. The fourth-order valence-corrected chi connectivity index (χ4v) is 2.28. The van der Waals surface area contributed by atoms with Crippen LogP contribution in [0.2, 0.25) is 0 Å². The van der Waals surface area contributed by atoms with Crippen molar-refractivity contribution in [1.29, 1.82) is 0 Å². The third kappa shape index (κ3) is 3.60. The van der Waals surface area contributed by atoms with E-state index in [2.05, 4.69) is 18.3 Å². The maximum absolute atomic E-state index is 11.5. The quantitative estimate of drug-likeness (QED) is 0.860. The van der Waals surface area contributed by atoms with Gasteiger partial charge in [-0.2, -0.15) is 0 Å². The lowest BCUT2D eigenvalue weighted by Gasteiger charge is -2.16. The van der Waals surface area contributed by atoms with E-state index in [-0.39, 0.29) is 11.9 Å². The highest BCUT2D eigenvalue weighted by Gasteiger charge is 2.14. The maximum atomic E-state index is 11.5. The summed E-state index contributed by atoms with van der Waals surface area (Å²) < 4.78 is 5.81. The number of benzene rings is 1. The molecular formula is C16H21NO2. The monoisotopic (exact) mass is 259 g/mol. The van der Waals surface area contributed by atoms with Gasteiger partial charge in [-0.1, -0.05) is 38.5 Å². The number of hydrogen-bond acceptors (Lipinski definition) is 2. The van der Waals surface area contributed by atoms with E-state index >= 15 is 0 Å². The van der Waals surface area contributed by atoms with Crippen molar-refractivity contribution in [2.45, 2.75) is 45.6 Å². The number of fused-ring (bicyclic) bond motifs is 1. The zero-order valence-corrected chi connectivity index (χ0v) is 11.6. The van der Waals surface area contributed by atoms with Crippen molar-refractivity contribution in [2.75, 3.05) is 0 Å². The summed E-state index contributed by atoms with van der Waals surface area (Å²) in [6.45, 7) is 4.00. The zero-order valence-electron chi connectivity index (χ0n) is 11.6. The Hall–Kier alpha value is -1.77. The molecular weight excluding hydrogens is 238 g/mol. The van der Waals surface area contributed by atoms with E-state index in [1.54, 1.807) is 0 Å². The summed E-state index contributed by atoms with van der Waals surface area (Å²) in [4.78, 5) is 11.5. The van der Waals surface area contributed by atoms with Crippen LogP contribution >= 0.6 is 0 Å². The lowest BCUT2D eigenvalue weighted by Crippen LogP contribution is -2.35. The first-order valence-corrected chi connectivity index (χ1v) is 6.99. The minimum Gasteiger partial charge on any atom is -0.461 e. The van der Waals surface area contributed by atoms with Crippen molar-refractivity contribution in [3.8, 4) is 0 Å². The molecule has 0 spiro atoms. The van der Waals surface area contributed by atoms with Gasteiger partial charge in [-0.3, -0.25) is 4.79 Å². The third-order valence-electron chi connectivity index (χ3n) is 3.25. The molecule has 0 bridgehead atoms. The van der Waals surface area contributed by atoms with Crippen LogP contribution in [0.4, 0.5) is 0 Å². The van der Waals surface area contributed by atoms with Gasteiger partial charge in [0.15, 0.2) is 0 Å². The van der Waals surface area contributed by atoms with Crippen LogP contribution in [0.3, 0.4) is 0 Å². The summed E-state index contributed by atoms with van der Waals surface area (Å²) in [5, 5.41) is 4.18. The SMILES string of the molecule is CCC[C@H](Cc1cc2ccccc2o1)NC(=O)CC. The Morgan fingerprint density at radius 1 is 1.32 bits per heavy atom. The molecule has 0 aliphatic carbocycles. The lowest BCUT2D eigenvalue weighted by atomic mass is 10.1. The average molecular weight is 259 g/mol. The highest BCUT2D eigenvalue weighted by molar-refractivity contribution is 5.78. The number of amides is 1. The molecule has 3 heteroatoms. The summed E-state index contributed by atoms with van der Waals surface area (Å²) >= 11 is 0. The molecule has 0 fully saturated rings. The average Bonchev–Trinajstić information content (AvgIpc) is 2.80. The number of furan rings is 1. The molecule has 0 radical (unpaired) electrons. The fraction of sp³-hybridized carbons (Fsp3) is 0.438. The van der Waals surface area contributed by atoms with Crippen molar-refractivity contribution in [3.63, 3.8) is 0 Å². The summed E-state index contributed by atoms with van der Waals surface area (Å²) in [6, 6.07) is 10.2. The summed E-state index contributed by atoms with van der Waals surface area (Å²) in [5.41, 5.74) is 0.912. The highest BCUT2D eigenvalue weighted by atomic mass is 16.3. The Bertz CT molecular complexity index is 511. The molecule has 0 saturated carbocycles. The number of carbonyl (C=O) groups excluding carboxylic acids is 1. The lowest BCUT2D eigenvalue weighted by molar-refractivity contribution is -0.121. The number of rotatable bonds is 6. The molecule has 2 rings (SSSR count). The summed E-state index contributed by atoms with van der Waals surface area (Å²) in [6.07, 6.45) is 3.31. The van der Waals surface area contributed by atoms with Gasteiger partial charge in [0, 0.05) is 24.3 Å². The summed E-state index contributed by atoms with van der Waals surface area (Å²) in [7, 11) is 0. The topological polar surface area (TPSA) is 42.2 Å². The van der Waals surface area contributed by atoms with Gasteiger partial charge < -0.3 is 9.73 Å². The normalized spacial score (nSPS) is 12.5. The van der Waals surface area contributed by atoms with Crippen LogP contribution < -0.4 is 5.32 Å². The van der Waals surface area contributed by atoms with Crippen LogP contribution in [-0.4, -0.2) is 11.9 Å². The van der Waals surface area contributed by atoms with Crippen LogP contribution in [0.1, 0.15) is 38.9 Å². The zero-order chi connectivity index (χ0) is 13.7. The van der Waals surface area contributed by atoms with E-state index in [4.69, 9.17) is 4.42 Å². The largest absolute Gasteiger partial charge is 0.461 e. The van der Waals surface area contributed by atoms with Gasteiger partial charge in [-0.15, -0.1) is 0 Å². The highest BCUT2D eigenvalue weighted by Crippen LogP contribution is 2.20. The van der Waals surface area contributed by atoms with Gasteiger partial charge in [0.25, 0.3) is 0 Å². The van der Waals surface area contributed by atoms with Crippen molar-refractivity contribution >= 4 is 16.9 Å². The van der Waals surface area contributed by atoms with E-state index in [1.807, 2.05) is 31.2 Å². The van der Waals surface area contributed by atoms with Gasteiger partial charge in [0.1, 0.15) is 11.3 Å². The number of hydrogen-bond donors (Lipinski definition) is 1. The van der Waals surface area contributed by atoms with Crippen LogP contribution in [0.15, 0.2) is 34.7 Å². The molecule has 2 aromatic rings. The molecule has 0 unspecified atom stereocenters. The molecule has 3 nitrogen and oxygen atoms in total. The predicted octanol–water partition coefficient (Wildman–Crippen LogP) is 3.67. The Morgan fingerprint density at radius 2 is 2.11 bits per heavy atom. The van der Waals surface area contributed by atoms with Crippen molar-refractivity contribution in [1.82, 2.24) is 5.32 Å². The minimum atomic E-state index is 0.106. The molecule has 102 valence electrons. The predicted molar refractivity (Wildman–Crippen MR) is 77.0 cm³/mol. The summed E-state index contributed by atoms with van der Waals surface area (Å²) in [5.74, 6) is 1.05. The first kappa shape index (κ1) is 13.7. The number of para-hydroxylation sites is 1. The number of nitrogens with one attached hydrogen (secondary N) is 1. The smallest absolute Gasteiger partial charge is 0.219 e. The van der Waals surface area contributed by atoms with Gasteiger partial charge in [-0.05, 0) is 18.6 Å². The van der Waals surface area contributed by atoms with Crippen LogP contribution in [0, 0.1) is 0 Å². The van der Waals surface area contributed by atoms with Gasteiger partial charge >= 0.3 is 0 Å². The van der Waals surface area contributed by atoms with Crippen LogP contribution in [-0.2, 0) is 11.2 Å². The van der Waals surface area contributed by atoms with Crippen LogP contribution in [0.5, 0.6) is 0 Å². The van der Waals surface area contributed by atoms with Gasteiger partial charge in [-0.25, -0.2) is 0 Å². The van der Waals surface area contributed by atoms with E-state index < -0.39 is 0 Å². The molecule has 0 saturated heterocycles. The minimum absolute atomic E-state index is 0.106. The van der Waals surface area contributed by atoms with E-state index in [0.717, 1.165) is 36.0 Å². The molecule has 1 heterocycles. The molecule has 1 aromatic heterocycles. The van der Waals surface area contributed by atoms with Crippen molar-refractivity contribution in [2.24, 2.45) is 0 Å². The Kier molecular flexibility index (Phi) is 4.61. The molecule has 1 atom stereocenters. The fourth-order valence-electron chi connectivity index (χ4n) is 2.28. The third-order valence-corrected chi connectivity index (χ3v) is 3.25. The van der Waals surface area contributed by atoms with Crippen LogP contribution in [0.25, 0.3) is 11.0 Å². The van der Waals surface area contributed by atoms with E-state index in [1.165, 1.54) is 0 Å². The van der Waals surface area contributed by atoms with Gasteiger partial charge in [0.05, 0.1) is 0 Å². The standard InChI is InChI=1S/C16H21NO2/c1-3-7-13(17-16(18)4-2)11-14-10-12-8-5-6-9-15(12)19-14/h5-6,8-10,13H,3-4,7,11H2,1-2H3,(H,17,18)/t13-/m1/s1. The van der Waals surface area contributed by atoms with Crippen molar-refractivity contribution in [3.05, 3.63) is 36.1 Å². The number of carbonyl (C=O) groups is 1. The first-order valence-electron chi connectivity index (χ1n) is 6.99. The Morgan fingerprint density at radius 3 is 2.79 bits per heavy atom.